The van der Waals surface area contributed by atoms with Crippen LogP contribution in [0.15, 0.2) is 0 Å². The molecule has 17 heavy (non-hydrogen) atoms. The normalized spacial score (nSPS) is 32.4. The molecule has 2 atom stereocenters. The van der Waals surface area contributed by atoms with Crippen molar-refractivity contribution < 1.29 is 4.79 Å². The quantitative estimate of drug-likeness (QED) is 0.763. The molecule has 4 nitrogen and oxygen atoms in total. The summed E-state index contributed by atoms with van der Waals surface area (Å²) in [6.45, 7) is 6.36. The number of nitrogens with zero attached hydrogens (tertiary/aromatic N) is 1. The second-order valence-corrected chi connectivity index (χ2v) is 5.54. The van der Waals surface area contributed by atoms with Gasteiger partial charge in [0.05, 0.1) is 0 Å². The van der Waals surface area contributed by atoms with Gasteiger partial charge >= 0.3 is 0 Å². The Bertz CT molecular complexity index is 253. The third kappa shape index (κ3) is 3.19. The lowest BCUT2D eigenvalue weighted by molar-refractivity contribution is -0.134. The summed E-state index contributed by atoms with van der Waals surface area (Å²) in [5.41, 5.74) is 3.15. The number of nitrogens with one attached hydrogen (secondary N) is 2. The van der Waals surface area contributed by atoms with Crippen LogP contribution in [-0.2, 0) is 4.79 Å². The van der Waals surface area contributed by atoms with Gasteiger partial charge in [-0.1, -0.05) is 6.42 Å². The van der Waals surface area contributed by atoms with E-state index in [2.05, 4.69) is 29.6 Å². The van der Waals surface area contributed by atoms with Gasteiger partial charge in [-0.25, -0.2) is 5.01 Å². The number of hydrazine groups is 1. The number of rotatable bonds is 2. The van der Waals surface area contributed by atoms with Crippen molar-refractivity contribution in [3.05, 3.63) is 0 Å². The molecule has 2 saturated heterocycles. The van der Waals surface area contributed by atoms with Crippen molar-refractivity contribution >= 4 is 5.91 Å². The smallest absolute Gasteiger partial charge is 0.237 e. The van der Waals surface area contributed by atoms with Crippen LogP contribution in [0.3, 0.4) is 0 Å². The lowest BCUT2D eigenvalue weighted by Crippen LogP contribution is -2.56. The maximum absolute atomic E-state index is 12.2. The molecule has 0 saturated carbocycles. The van der Waals surface area contributed by atoms with Gasteiger partial charge in [-0.2, -0.15) is 0 Å². The molecular formula is C13H25N3O. The minimum Gasteiger partial charge on any atom is -0.317 e. The summed E-state index contributed by atoms with van der Waals surface area (Å²) in [5, 5.41) is 5.47. The third-order valence-electron chi connectivity index (χ3n) is 4.14. The predicted octanol–water partition coefficient (Wildman–Crippen LogP) is 1.28. The van der Waals surface area contributed by atoms with E-state index in [0.29, 0.717) is 12.1 Å². The minimum atomic E-state index is 0.206. The summed E-state index contributed by atoms with van der Waals surface area (Å²) >= 11 is 0. The van der Waals surface area contributed by atoms with Gasteiger partial charge < -0.3 is 5.32 Å². The van der Waals surface area contributed by atoms with E-state index in [9.17, 15) is 4.79 Å². The second-order valence-electron chi connectivity index (χ2n) is 5.54. The lowest BCUT2D eigenvalue weighted by Gasteiger charge is -2.39. The summed E-state index contributed by atoms with van der Waals surface area (Å²) < 4.78 is 0. The third-order valence-corrected chi connectivity index (χ3v) is 4.14. The molecule has 2 aliphatic rings. The first-order valence-electron chi connectivity index (χ1n) is 6.98. The first-order valence-corrected chi connectivity index (χ1v) is 6.98. The Morgan fingerprint density at radius 1 is 1.12 bits per heavy atom. The van der Waals surface area contributed by atoms with E-state index in [-0.39, 0.29) is 11.8 Å². The zero-order chi connectivity index (χ0) is 12.3. The van der Waals surface area contributed by atoms with Crippen LogP contribution in [0.2, 0.25) is 0 Å². The van der Waals surface area contributed by atoms with Crippen molar-refractivity contribution in [3.8, 4) is 0 Å². The van der Waals surface area contributed by atoms with E-state index in [0.717, 1.165) is 25.9 Å². The maximum Gasteiger partial charge on any atom is 0.237 e. The molecule has 0 aliphatic carbocycles. The predicted molar refractivity (Wildman–Crippen MR) is 68.4 cm³/mol. The van der Waals surface area contributed by atoms with E-state index in [4.69, 9.17) is 0 Å². The Kier molecular flexibility index (Phi) is 4.40. The second kappa shape index (κ2) is 5.83. The highest BCUT2D eigenvalue weighted by molar-refractivity contribution is 5.78. The molecule has 0 spiro atoms. The number of amides is 1. The van der Waals surface area contributed by atoms with Crippen LogP contribution in [0.4, 0.5) is 0 Å². The summed E-state index contributed by atoms with van der Waals surface area (Å²) in [5.74, 6) is 0.435. The van der Waals surface area contributed by atoms with Crippen LogP contribution in [0.25, 0.3) is 0 Å². The number of piperidine rings is 2. The monoisotopic (exact) mass is 239 g/mol. The Labute approximate surface area is 104 Å². The molecule has 0 aromatic carbocycles. The standard InChI is InChI=1S/C13H25N3O/c1-10-4-3-5-11(2)16(10)15-13(17)12-6-8-14-9-7-12/h10-12,14H,3-9H2,1-2H3,(H,15,17). The molecule has 0 radical (unpaired) electrons. The van der Waals surface area contributed by atoms with Gasteiger partial charge in [0.2, 0.25) is 5.91 Å². The van der Waals surface area contributed by atoms with Gasteiger partial charge in [-0.3, -0.25) is 10.2 Å². The van der Waals surface area contributed by atoms with Crippen molar-refractivity contribution in [2.24, 2.45) is 5.92 Å². The van der Waals surface area contributed by atoms with Gasteiger partial charge in [0.25, 0.3) is 0 Å². The van der Waals surface area contributed by atoms with Crippen LogP contribution >= 0.6 is 0 Å². The molecule has 4 heteroatoms. The zero-order valence-corrected chi connectivity index (χ0v) is 11.0. The molecule has 2 N–H and O–H groups in total. The average molecular weight is 239 g/mol. The van der Waals surface area contributed by atoms with Gasteiger partial charge in [-0.15, -0.1) is 0 Å². The molecule has 0 aromatic rings. The summed E-state index contributed by atoms with van der Waals surface area (Å²) in [6.07, 6.45) is 5.61. The van der Waals surface area contributed by atoms with Crippen LogP contribution < -0.4 is 10.7 Å². The molecular weight excluding hydrogens is 214 g/mol. The Hall–Kier alpha value is -0.610. The molecule has 2 unspecified atom stereocenters. The molecule has 1 amide bonds. The molecule has 0 bridgehead atoms. The molecule has 98 valence electrons. The fourth-order valence-electron chi connectivity index (χ4n) is 2.94. The van der Waals surface area contributed by atoms with E-state index in [1.54, 1.807) is 0 Å². The first kappa shape index (κ1) is 12.8. The fourth-order valence-corrected chi connectivity index (χ4v) is 2.94. The topological polar surface area (TPSA) is 44.4 Å². The van der Waals surface area contributed by atoms with Crippen LogP contribution in [-0.4, -0.2) is 36.1 Å². The van der Waals surface area contributed by atoms with Crippen LogP contribution in [0, 0.1) is 5.92 Å². The number of hydrogen-bond acceptors (Lipinski definition) is 3. The Morgan fingerprint density at radius 3 is 2.29 bits per heavy atom. The van der Waals surface area contributed by atoms with Gasteiger partial charge in [0.15, 0.2) is 0 Å². The number of carbonyl (C=O) groups is 1. The van der Waals surface area contributed by atoms with Crippen LogP contribution in [0.1, 0.15) is 46.0 Å². The first-order chi connectivity index (χ1) is 8.18. The number of carbonyl (C=O) groups excluding carboxylic acids is 1. The zero-order valence-electron chi connectivity index (χ0n) is 11.0. The average Bonchev–Trinajstić information content (AvgIpc) is 2.35. The highest BCUT2D eigenvalue weighted by Crippen LogP contribution is 2.21. The highest BCUT2D eigenvalue weighted by atomic mass is 16.2. The minimum absolute atomic E-state index is 0.206. The number of hydrogen-bond donors (Lipinski definition) is 2. The van der Waals surface area contributed by atoms with Crippen molar-refractivity contribution in [2.45, 2.75) is 58.0 Å². The fraction of sp³-hybridized carbons (Fsp3) is 0.923. The largest absolute Gasteiger partial charge is 0.317 e. The molecule has 2 fully saturated rings. The SMILES string of the molecule is CC1CCCC(C)N1NC(=O)C1CCNCC1. The maximum atomic E-state index is 12.2. The van der Waals surface area contributed by atoms with E-state index < -0.39 is 0 Å². The summed E-state index contributed by atoms with van der Waals surface area (Å²) in [4.78, 5) is 12.2. The van der Waals surface area contributed by atoms with Crippen molar-refractivity contribution in [1.82, 2.24) is 15.8 Å². The molecule has 2 heterocycles. The van der Waals surface area contributed by atoms with Crippen molar-refractivity contribution in [3.63, 3.8) is 0 Å². The van der Waals surface area contributed by atoms with E-state index >= 15 is 0 Å². The Morgan fingerprint density at radius 2 is 1.71 bits per heavy atom. The molecule has 0 aromatic heterocycles. The van der Waals surface area contributed by atoms with Gasteiger partial charge in [0.1, 0.15) is 0 Å². The molecule has 2 aliphatic heterocycles. The Balaban J connectivity index is 1.87. The highest BCUT2D eigenvalue weighted by Gasteiger charge is 2.29. The van der Waals surface area contributed by atoms with Gasteiger partial charge in [0, 0.05) is 18.0 Å². The van der Waals surface area contributed by atoms with Gasteiger partial charge in [-0.05, 0) is 52.6 Å². The summed E-state index contributed by atoms with van der Waals surface area (Å²) in [6, 6.07) is 0.953. The van der Waals surface area contributed by atoms with Crippen molar-refractivity contribution in [1.29, 1.82) is 0 Å². The molecule has 2 rings (SSSR count). The van der Waals surface area contributed by atoms with Crippen LogP contribution in [0.5, 0.6) is 0 Å². The van der Waals surface area contributed by atoms with Crippen molar-refractivity contribution in [2.75, 3.05) is 13.1 Å². The summed E-state index contributed by atoms with van der Waals surface area (Å²) in [7, 11) is 0. The van der Waals surface area contributed by atoms with E-state index in [1.807, 2.05) is 0 Å². The van der Waals surface area contributed by atoms with E-state index in [1.165, 1.54) is 19.3 Å². The lowest BCUT2D eigenvalue weighted by atomic mass is 9.97.